The van der Waals surface area contributed by atoms with Crippen LogP contribution in [0.25, 0.3) is 33.2 Å². The van der Waals surface area contributed by atoms with Crippen LogP contribution < -0.4 is 4.74 Å². The first kappa shape index (κ1) is 24.8. The third kappa shape index (κ3) is 5.03. The van der Waals surface area contributed by atoms with Gasteiger partial charge in [-0.3, -0.25) is 0 Å². The van der Waals surface area contributed by atoms with E-state index in [1.165, 1.54) is 6.20 Å². The minimum absolute atomic E-state index is 0.0430. The zero-order chi connectivity index (χ0) is 25.9. The molecule has 0 atom stereocenters. The summed E-state index contributed by atoms with van der Waals surface area (Å²) in [6.45, 7) is 2.32. The van der Waals surface area contributed by atoms with E-state index < -0.39 is 5.97 Å². The van der Waals surface area contributed by atoms with Crippen LogP contribution >= 0.6 is 23.2 Å². The Labute approximate surface area is 223 Å². The molecule has 0 fully saturated rings. The maximum Gasteiger partial charge on any atom is 0.355 e. The average Bonchev–Trinajstić information content (AvgIpc) is 3.29. The fourth-order valence-electron chi connectivity index (χ4n) is 4.26. The van der Waals surface area contributed by atoms with Gasteiger partial charge in [-0.1, -0.05) is 65.6 Å². The van der Waals surface area contributed by atoms with E-state index in [0.29, 0.717) is 38.9 Å². The predicted molar refractivity (Wildman–Crippen MR) is 144 cm³/mol. The van der Waals surface area contributed by atoms with E-state index in [-0.39, 0.29) is 12.3 Å². The number of aromatic nitrogens is 2. The number of pyridine rings is 1. The van der Waals surface area contributed by atoms with E-state index in [9.17, 15) is 9.90 Å². The molecule has 0 aliphatic heterocycles. The number of ether oxygens (including phenoxy) is 1. The smallest absolute Gasteiger partial charge is 0.355 e. The van der Waals surface area contributed by atoms with Crippen molar-refractivity contribution >= 4 is 39.9 Å². The van der Waals surface area contributed by atoms with Crippen LogP contribution in [-0.2, 0) is 13.0 Å². The van der Waals surface area contributed by atoms with Gasteiger partial charge in [0.15, 0.2) is 5.69 Å². The Kier molecular flexibility index (Phi) is 7.12. The van der Waals surface area contributed by atoms with Crippen molar-refractivity contribution in [3.63, 3.8) is 0 Å². The highest BCUT2D eigenvalue weighted by Crippen LogP contribution is 2.37. The summed E-state index contributed by atoms with van der Waals surface area (Å²) in [7, 11) is 0. The molecule has 5 rings (SSSR count). The highest BCUT2D eigenvalue weighted by Gasteiger charge is 2.22. The molecule has 0 unspecified atom stereocenters. The molecular formula is C29H22Cl2N2O4. The van der Waals surface area contributed by atoms with Crippen LogP contribution in [0.1, 0.15) is 35.2 Å². The van der Waals surface area contributed by atoms with Crippen LogP contribution in [0.3, 0.4) is 0 Å². The van der Waals surface area contributed by atoms with Crippen molar-refractivity contribution < 1.29 is 19.2 Å². The van der Waals surface area contributed by atoms with Gasteiger partial charge in [0.1, 0.15) is 23.8 Å². The Morgan fingerprint density at radius 1 is 1.00 bits per heavy atom. The van der Waals surface area contributed by atoms with E-state index in [2.05, 4.69) is 17.1 Å². The fraction of sp³-hybridized carbons (Fsp3) is 0.138. The molecule has 3 aromatic carbocycles. The lowest BCUT2D eigenvalue weighted by atomic mass is 10.0. The molecule has 2 aromatic heterocycles. The van der Waals surface area contributed by atoms with E-state index in [1.54, 1.807) is 30.3 Å². The molecule has 0 saturated heterocycles. The summed E-state index contributed by atoms with van der Waals surface area (Å²) >= 11 is 12.9. The van der Waals surface area contributed by atoms with Crippen molar-refractivity contribution in [2.24, 2.45) is 0 Å². The maximum atomic E-state index is 11.4. The van der Waals surface area contributed by atoms with Crippen LogP contribution in [0.4, 0.5) is 0 Å². The molecule has 37 heavy (non-hydrogen) atoms. The number of aromatic carboxylic acids is 1. The van der Waals surface area contributed by atoms with Crippen LogP contribution in [0, 0.1) is 0 Å². The van der Waals surface area contributed by atoms with E-state index >= 15 is 0 Å². The van der Waals surface area contributed by atoms with Crippen molar-refractivity contribution in [3.05, 3.63) is 100.0 Å². The van der Waals surface area contributed by atoms with Gasteiger partial charge < -0.3 is 14.4 Å². The molecule has 0 radical (unpaired) electrons. The maximum absolute atomic E-state index is 11.4. The summed E-state index contributed by atoms with van der Waals surface area (Å²) in [4.78, 5) is 15.4. The summed E-state index contributed by atoms with van der Waals surface area (Å²) in [5, 5.41) is 16.1. The van der Waals surface area contributed by atoms with E-state index in [1.807, 2.05) is 36.4 Å². The molecule has 0 saturated carbocycles. The Morgan fingerprint density at radius 2 is 1.73 bits per heavy atom. The summed E-state index contributed by atoms with van der Waals surface area (Å²) in [6.07, 6.45) is 3.12. The highest BCUT2D eigenvalue weighted by molar-refractivity contribution is 6.39. The minimum Gasteiger partial charge on any atom is -0.489 e. The number of carboxylic acids is 1. The van der Waals surface area contributed by atoms with Gasteiger partial charge >= 0.3 is 5.97 Å². The lowest BCUT2D eigenvalue weighted by Gasteiger charge is -2.10. The molecule has 0 bridgehead atoms. The number of benzene rings is 3. The van der Waals surface area contributed by atoms with E-state index in [4.69, 9.17) is 32.5 Å². The zero-order valence-electron chi connectivity index (χ0n) is 19.9. The average molecular weight is 533 g/mol. The summed E-state index contributed by atoms with van der Waals surface area (Å²) in [6, 6.07) is 20.5. The zero-order valence-corrected chi connectivity index (χ0v) is 21.4. The number of rotatable bonds is 8. The second-order valence-corrected chi connectivity index (χ2v) is 9.31. The van der Waals surface area contributed by atoms with Crippen molar-refractivity contribution in [1.29, 1.82) is 0 Å². The lowest BCUT2D eigenvalue weighted by Crippen LogP contribution is -2.01. The van der Waals surface area contributed by atoms with Gasteiger partial charge in [0.05, 0.1) is 15.6 Å². The fourth-order valence-corrected chi connectivity index (χ4v) is 4.84. The largest absolute Gasteiger partial charge is 0.489 e. The SMILES string of the molecule is CCCc1onc(-c2c(Cl)cccc2Cl)c1COc1ccc(-c2ccc3c(C(=O)O)nccc3c2)cc1. The van der Waals surface area contributed by atoms with Crippen LogP contribution in [0.5, 0.6) is 5.75 Å². The number of nitrogens with zero attached hydrogens (tertiary/aromatic N) is 2. The third-order valence-corrected chi connectivity index (χ3v) is 6.71. The highest BCUT2D eigenvalue weighted by atomic mass is 35.5. The number of hydrogen-bond acceptors (Lipinski definition) is 5. The second-order valence-electron chi connectivity index (χ2n) is 8.49. The van der Waals surface area contributed by atoms with Crippen molar-refractivity contribution in [2.45, 2.75) is 26.4 Å². The topological polar surface area (TPSA) is 85.5 Å². The lowest BCUT2D eigenvalue weighted by molar-refractivity contribution is 0.0693. The Morgan fingerprint density at radius 3 is 2.43 bits per heavy atom. The molecule has 8 heteroatoms. The van der Waals surface area contributed by atoms with Gasteiger partial charge in [-0.2, -0.15) is 0 Å². The van der Waals surface area contributed by atoms with Crippen LogP contribution in [-0.4, -0.2) is 21.2 Å². The van der Waals surface area contributed by atoms with Gasteiger partial charge in [-0.15, -0.1) is 0 Å². The Balaban J connectivity index is 1.39. The van der Waals surface area contributed by atoms with Gasteiger partial charge in [0, 0.05) is 23.6 Å². The molecule has 5 aromatic rings. The first-order valence-corrected chi connectivity index (χ1v) is 12.5. The summed E-state index contributed by atoms with van der Waals surface area (Å²) < 4.78 is 11.8. The van der Waals surface area contributed by atoms with Crippen molar-refractivity contribution in [3.8, 4) is 28.1 Å². The molecule has 0 aliphatic rings. The summed E-state index contributed by atoms with van der Waals surface area (Å²) in [5.74, 6) is 0.382. The number of carbonyl (C=O) groups is 1. The number of aryl methyl sites for hydroxylation is 1. The Hall–Kier alpha value is -3.87. The molecule has 0 amide bonds. The number of carboxylic acid groups (broad SMARTS) is 1. The molecule has 1 N–H and O–H groups in total. The predicted octanol–water partition coefficient (Wildman–Crippen LogP) is 8.09. The van der Waals surface area contributed by atoms with Crippen molar-refractivity contribution in [2.75, 3.05) is 0 Å². The number of halogens is 2. The molecule has 2 heterocycles. The van der Waals surface area contributed by atoms with Gasteiger partial charge in [-0.25, -0.2) is 9.78 Å². The van der Waals surface area contributed by atoms with Gasteiger partial charge in [-0.05, 0) is 59.3 Å². The first-order valence-electron chi connectivity index (χ1n) is 11.7. The molecule has 186 valence electrons. The van der Waals surface area contributed by atoms with Gasteiger partial charge in [0.2, 0.25) is 0 Å². The monoisotopic (exact) mass is 532 g/mol. The van der Waals surface area contributed by atoms with Crippen LogP contribution in [0.2, 0.25) is 10.0 Å². The quantitative estimate of drug-likeness (QED) is 0.217. The van der Waals surface area contributed by atoms with Crippen molar-refractivity contribution in [1.82, 2.24) is 10.1 Å². The van der Waals surface area contributed by atoms with Crippen LogP contribution in [0.15, 0.2) is 77.4 Å². The first-order chi connectivity index (χ1) is 18.0. The number of fused-ring (bicyclic) bond motifs is 1. The molecule has 6 nitrogen and oxygen atoms in total. The molecule has 0 spiro atoms. The standard InChI is InChI=1S/C29H22Cl2N2O4/c1-2-4-25-22(27(33-37-25)26-23(30)5-3-6-24(26)31)16-36-20-10-7-17(8-11-20)18-9-12-21-19(15-18)13-14-32-28(21)29(34)35/h3,5-15H,2,4,16H2,1H3,(H,34,35). The molecular weight excluding hydrogens is 511 g/mol. The normalized spacial score (nSPS) is 11.1. The summed E-state index contributed by atoms with van der Waals surface area (Å²) in [5.41, 5.74) is 4.01. The molecule has 0 aliphatic carbocycles. The third-order valence-electron chi connectivity index (χ3n) is 6.08. The second kappa shape index (κ2) is 10.6. The Bertz CT molecular complexity index is 1580. The van der Waals surface area contributed by atoms with E-state index in [0.717, 1.165) is 34.3 Å². The van der Waals surface area contributed by atoms with Gasteiger partial charge in [0.25, 0.3) is 0 Å². The number of hydrogen-bond donors (Lipinski definition) is 1. The minimum atomic E-state index is -1.05.